The molecule has 5 nitrogen and oxygen atoms in total. The van der Waals surface area contributed by atoms with Crippen molar-refractivity contribution in [2.24, 2.45) is 0 Å². The molecule has 0 fully saturated rings. The number of carbonyl (C=O) groups excluding carboxylic acids is 1. The van der Waals surface area contributed by atoms with E-state index in [0.29, 0.717) is 6.61 Å². The van der Waals surface area contributed by atoms with E-state index in [2.05, 4.69) is 14.3 Å². The van der Waals surface area contributed by atoms with Gasteiger partial charge in [-0.15, -0.1) is 0 Å². The van der Waals surface area contributed by atoms with Gasteiger partial charge in [0.25, 0.3) is 0 Å². The first-order chi connectivity index (χ1) is 11.8. The number of nitrogens with zero attached hydrogens (tertiary/aromatic N) is 2. The largest absolute Gasteiger partial charge is 0.492 e. The maximum Gasteiger partial charge on any atom is 0.330 e. The third-order valence-corrected chi connectivity index (χ3v) is 3.62. The molecule has 3 rings (SSSR count). The number of carbonyl (C=O) groups is 1. The zero-order valence-electron chi connectivity index (χ0n) is 13.4. The van der Waals surface area contributed by atoms with Crippen LogP contribution in [0.5, 0.6) is 5.75 Å². The Morgan fingerprint density at radius 3 is 2.83 bits per heavy atom. The predicted molar refractivity (Wildman–Crippen MR) is 92.7 cm³/mol. The van der Waals surface area contributed by atoms with Crippen molar-refractivity contribution >= 4 is 23.1 Å². The zero-order chi connectivity index (χ0) is 16.8. The molecule has 2 aromatic heterocycles. The van der Waals surface area contributed by atoms with Gasteiger partial charge in [0.2, 0.25) is 0 Å². The summed E-state index contributed by atoms with van der Waals surface area (Å²) in [6, 6.07) is 13.6. The molecule has 0 saturated heterocycles. The van der Waals surface area contributed by atoms with Gasteiger partial charge in [-0.05, 0) is 42.0 Å². The molecule has 0 saturated carbocycles. The van der Waals surface area contributed by atoms with Gasteiger partial charge in [0.15, 0.2) is 0 Å². The van der Waals surface area contributed by atoms with E-state index in [0.717, 1.165) is 28.9 Å². The Labute approximate surface area is 140 Å². The molecule has 0 aliphatic carbocycles. The summed E-state index contributed by atoms with van der Waals surface area (Å²) in [4.78, 5) is 15.4. The molecule has 24 heavy (non-hydrogen) atoms. The topological polar surface area (TPSA) is 53.4 Å². The van der Waals surface area contributed by atoms with Crippen LogP contribution in [-0.2, 0) is 16.1 Å². The maximum atomic E-state index is 11.1. The fraction of sp³-hybridized carbons (Fsp3) is 0.158. The number of fused-ring (bicyclic) bond motifs is 1. The Hall–Kier alpha value is -3.08. The van der Waals surface area contributed by atoms with E-state index in [1.54, 1.807) is 12.3 Å². The van der Waals surface area contributed by atoms with Crippen molar-refractivity contribution in [2.45, 2.75) is 6.54 Å². The second-order valence-corrected chi connectivity index (χ2v) is 5.20. The van der Waals surface area contributed by atoms with Crippen molar-refractivity contribution in [3.63, 3.8) is 0 Å². The van der Waals surface area contributed by atoms with Crippen LogP contribution in [0.2, 0.25) is 0 Å². The van der Waals surface area contributed by atoms with E-state index in [-0.39, 0.29) is 5.97 Å². The highest BCUT2D eigenvalue weighted by atomic mass is 16.5. The molecular weight excluding hydrogens is 304 g/mol. The summed E-state index contributed by atoms with van der Waals surface area (Å²) in [6.07, 6.45) is 6.90. The molecule has 0 bridgehead atoms. The van der Waals surface area contributed by atoms with Crippen LogP contribution in [-0.4, -0.2) is 29.2 Å². The fourth-order valence-corrected chi connectivity index (χ4v) is 2.37. The molecule has 1 aromatic carbocycles. The van der Waals surface area contributed by atoms with Gasteiger partial charge in [0.1, 0.15) is 18.0 Å². The minimum absolute atomic E-state index is 0.372. The van der Waals surface area contributed by atoms with Gasteiger partial charge in [0.05, 0.1) is 13.7 Å². The van der Waals surface area contributed by atoms with Crippen molar-refractivity contribution in [1.82, 2.24) is 9.55 Å². The van der Waals surface area contributed by atoms with Crippen molar-refractivity contribution in [3.05, 3.63) is 66.5 Å². The van der Waals surface area contributed by atoms with E-state index in [9.17, 15) is 4.79 Å². The molecule has 0 aliphatic heterocycles. The highest BCUT2D eigenvalue weighted by Crippen LogP contribution is 2.15. The SMILES string of the molecule is COC(=O)/C=C/c1ccc(OCCn2ccc3cccnc32)cc1. The highest BCUT2D eigenvalue weighted by molar-refractivity contribution is 5.86. The Morgan fingerprint density at radius 1 is 1.21 bits per heavy atom. The lowest BCUT2D eigenvalue weighted by Gasteiger charge is -2.08. The Balaban J connectivity index is 1.55. The summed E-state index contributed by atoms with van der Waals surface area (Å²) in [7, 11) is 1.35. The van der Waals surface area contributed by atoms with Crippen molar-refractivity contribution in [2.75, 3.05) is 13.7 Å². The molecule has 0 unspecified atom stereocenters. The standard InChI is InChI=1S/C19H18N2O3/c1-23-18(22)9-6-15-4-7-17(8-5-15)24-14-13-21-12-10-16-3-2-11-20-19(16)21/h2-12H,13-14H2,1H3/b9-6+. The van der Waals surface area contributed by atoms with Crippen LogP contribution in [0.1, 0.15) is 5.56 Å². The molecule has 0 amide bonds. The molecule has 0 spiro atoms. The van der Waals surface area contributed by atoms with Crippen LogP contribution >= 0.6 is 0 Å². The number of rotatable bonds is 6. The normalized spacial score (nSPS) is 11.0. The first-order valence-electron chi connectivity index (χ1n) is 7.65. The van der Waals surface area contributed by atoms with Gasteiger partial charge in [-0.2, -0.15) is 0 Å². The lowest BCUT2D eigenvalue weighted by atomic mass is 10.2. The smallest absolute Gasteiger partial charge is 0.330 e. The quantitative estimate of drug-likeness (QED) is 0.516. The average Bonchev–Trinajstić information content (AvgIpc) is 3.04. The molecule has 5 heteroatoms. The second-order valence-electron chi connectivity index (χ2n) is 5.20. The molecular formula is C19H18N2O3. The van der Waals surface area contributed by atoms with E-state index in [1.807, 2.05) is 48.7 Å². The number of pyridine rings is 1. The van der Waals surface area contributed by atoms with Crippen LogP contribution in [0.4, 0.5) is 0 Å². The molecule has 3 aromatic rings. The first kappa shape index (κ1) is 15.8. The van der Waals surface area contributed by atoms with Gasteiger partial charge in [-0.3, -0.25) is 0 Å². The maximum absolute atomic E-state index is 11.1. The van der Waals surface area contributed by atoms with Crippen LogP contribution in [0, 0.1) is 0 Å². The van der Waals surface area contributed by atoms with E-state index in [4.69, 9.17) is 4.74 Å². The third kappa shape index (κ3) is 3.81. The van der Waals surface area contributed by atoms with Crippen LogP contribution < -0.4 is 4.74 Å². The van der Waals surface area contributed by atoms with Crippen molar-refractivity contribution in [3.8, 4) is 5.75 Å². The third-order valence-electron chi connectivity index (χ3n) is 3.62. The number of ether oxygens (including phenoxy) is 2. The van der Waals surface area contributed by atoms with Gasteiger partial charge in [0, 0.05) is 23.9 Å². The lowest BCUT2D eigenvalue weighted by molar-refractivity contribution is -0.134. The van der Waals surface area contributed by atoms with Gasteiger partial charge in [-0.1, -0.05) is 12.1 Å². The molecule has 0 N–H and O–H groups in total. The van der Waals surface area contributed by atoms with E-state index < -0.39 is 0 Å². The molecule has 0 atom stereocenters. The second kappa shape index (κ2) is 7.46. The van der Waals surface area contributed by atoms with Crippen LogP contribution in [0.15, 0.2) is 60.9 Å². The Kier molecular flexibility index (Phi) is 4.91. The van der Waals surface area contributed by atoms with Gasteiger partial charge < -0.3 is 14.0 Å². The monoisotopic (exact) mass is 322 g/mol. The van der Waals surface area contributed by atoms with Crippen LogP contribution in [0.3, 0.4) is 0 Å². The number of hydrogen-bond donors (Lipinski definition) is 0. The zero-order valence-corrected chi connectivity index (χ0v) is 13.4. The minimum atomic E-state index is -0.372. The lowest BCUT2D eigenvalue weighted by Crippen LogP contribution is -2.07. The number of benzene rings is 1. The summed E-state index contributed by atoms with van der Waals surface area (Å²) >= 11 is 0. The highest BCUT2D eigenvalue weighted by Gasteiger charge is 2.01. The fourth-order valence-electron chi connectivity index (χ4n) is 2.37. The number of esters is 1. The summed E-state index contributed by atoms with van der Waals surface area (Å²) in [5.41, 5.74) is 1.87. The number of methoxy groups -OCH3 is 1. The average molecular weight is 322 g/mol. The molecule has 0 radical (unpaired) electrons. The van der Waals surface area contributed by atoms with Crippen LogP contribution in [0.25, 0.3) is 17.1 Å². The Morgan fingerprint density at radius 2 is 2.04 bits per heavy atom. The first-order valence-corrected chi connectivity index (χ1v) is 7.65. The summed E-state index contributed by atoms with van der Waals surface area (Å²) in [5, 5.41) is 1.12. The van der Waals surface area contributed by atoms with Crippen molar-refractivity contribution < 1.29 is 14.3 Å². The summed E-state index contributed by atoms with van der Waals surface area (Å²) in [5.74, 6) is 0.414. The molecule has 122 valence electrons. The number of aromatic nitrogens is 2. The summed E-state index contributed by atoms with van der Waals surface area (Å²) in [6.45, 7) is 1.28. The van der Waals surface area contributed by atoms with E-state index in [1.165, 1.54) is 13.2 Å². The molecule has 0 aliphatic rings. The molecule has 2 heterocycles. The van der Waals surface area contributed by atoms with Crippen molar-refractivity contribution in [1.29, 1.82) is 0 Å². The predicted octanol–water partition coefficient (Wildman–Crippen LogP) is 3.30. The summed E-state index contributed by atoms with van der Waals surface area (Å²) < 4.78 is 12.4. The van der Waals surface area contributed by atoms with Gasteiger partial charge in [-0.25, -0.2) is 9.78 Å². The number of hydrogen-bond acceptors (Lipinski definition) is 4. The van der Waals surface area contributed by atoms with E-state index >= 15 is 0 Å². The minimum Gasteiger partial charge on any atom is -0.492 e. The Bertz CT molecular complexity index is 850. The van der Waals surface area contributed by atoms with Gasteiger partial charge >= 0.3 is 5.97 Å².